The van der Waals surface area contributed by atoms with E-state index in [0.717, 1.165) is 0 Å². The average molecular weight is 368 g/mol. The van der Waals surface area contributed by atoms with Crippen molar-refractivity contribution in [3.8, 4) is 5.69 Å². The number of hydrogen-bond acceptors (Lipinski definition) is 5. The molecule has 0 unspecified atom stereocenters. The van der Waals surface area contributed by atoms with Crippen molar-refractivity contribution in [2.75, 3.05) is 0 Å². The minimum atomic E-state index is -3.75. The maximum Gasteiger partial charge on any atom is 0.240 e. The molecule has 124 valence electrons. The van der Waals surface area contributed by atoms with Gasteiger partial charge in [0.05, 0.1) is 17.1 Å². The average Bonchev–Trinajstić information content (AvgIpc) is 3.02. The second kappa shape index (κ2) is 6.63. The Morgan fingerprint density at radius 3 is 2.62 bits per heavy atom. The molecule has 0 aliphatic rings. The maximum atomic E-state index is 13.3. The SMILES string of the molecule is O=S(=O)(NCc1nnnn1-c1cccc(F)c1)c1ccc(Cl)cc1. The summed E-state index contributed by atoms with van der Waals surface area (Å²) in [6.45, 7) is -0.158. The Morgan fingerprint density at radius 1 is 1.17 bits per heavy atom. The van der Waals surface area contributed by atoms with Crippen LogP contribution in [-0.2, 0) is 16.6 Å². The van der Waals surface area contributed by atoms with Crippen LogP contribution < -0.4 is 4.72 Å². The van der Waals surface area contributed by atoms with E-state index in [1.807, 2.05) is 0 Å². The maximum absolute atomic E-state index is 13.3. The largest absolute Gasteiger partial charge is 0.240 e. The number of nitrogens with zero attached hydrogens (tertiary/aromatic N) is 4. The van der Waals surface area contributed by atoms with Crippen molar-refractivity contribution in [1.82, 2.24) is 24.9 Å². The molecule has 10 heteroatoms. The topological polar surface area (TPSA) is 89.8 Å². The molecule has 1 N–H and O–H groups in total. The van der Waals surface area contributed by atoms with Crippen LogP contribution in [0.1, 0.15) is 5.82 Å². The Kier molecular flexibility index (Phi) is 4.56. The molecule has 3 rings (SSSR count). The zero-order valence-electron chi connectivity index (χ0n) is 12.1. The molecule has 0 bridgehead atoms. The van der Waals surface area contributed by atoms with E-state index < -0.39 is 15.8 Å². The zero-order valence-corrected chi connectivity index (χ0v) is 13.7. The number of hydrogen-bond donors (Lipinski definition) is 1. The first-order valence-corrected chi connectivity index (χ1v) is 8.60. The summed E-state index contributed by atoms with van der Waals surface area (Å²) in [6.07, 6.45) is 0. The highest BCUT2D eigenvalue weighted by Gasteiger charge is 2.16. The van der Waals surface area contributed by atoms with E-state index in [-0.39, 0.29) is 17.3 Å². The summed E-state index contributed by atoms with van der Waals surface area (Å²) in [6, 6.07) is 11.4. The minimum Gasteiger partial charge on any atom is -0.207 e. The van der Waals surface area contributed by atoms with E-state index in [1.54, 1.807) is 6.07 Å². The molecular weight excluding hydrogens is 357 g/mol. The molecule has 3 aromatic rings. The van der Waals surface area contributed by atoms with Crippen LogP contribution in [0, 0.1) is 5.82 Å². The summed E-state index contributed by atoms with van der Waals surface area (Å²) < 4.78 is 41.5. The van der Waals surface area contributed by atoms with Crippen molar-refractivity contribution in [2.24, 2.45) is 0 Å². The van der Waals surface area contributed by atoms with Gasteiger partial charge in [0.1, 0.15) is 5.82 Å². The van der Waals surface area contributed by atoms with Crippen LogP contribution in [0.3, 0.4) is 0 Å². The second-order valence-electron chi connectivity index (χ2n) is 4.77. The summed E-state index contributed by atoms with van der Waals surface area (Å²) in [5, 5.41) is 11.4. The fourth-order valence-corrected chi connectivity index (χ4v) is 3.09. The molecule has 2 aromatic carbocycles. The van der Waals surface area contributed by atoms with Crippen LogP contribution in [0.25, 0.3) is 5.69 Å². The molecule has 0 fully saturated rings. The van der Waals surface area contributed by atoms with Gasteiger partial charge in [0.15, 0.2) is 5.82 Å². The van der Waals surface area contributed by atoms with Gasteiger partial charge < -0.3 is 0 Å². The number of sulfonamides is 1. The predicted octanol–water partition coefficient (Wildman–Crippen LogP) is 1.93. The smallest absolute Gasteiger partial charge is 0.207 e. The van der Waals surface area contributed by atoms with Gasteiger partial charge >= 0.3 is 0 Å². The fraction of sp³-hybridized carbons (Fsp3) is 0.0714. The highest BCUT2D eigenvalue weighted by Crippen LogP contribution is 2.15. The molecule has 1 heterocycles. The number of benzene rings is 2. The van der Waals surface area contributed by atoms with E-state index in [0.29, 0.717) is 10.7 Å². The molecule has 0 radical (unpaired) electrons. The van der Waals surface area contributed by atoms with Crippen molar-refractivity contribution >= 4 is 21.6 Å². The first-order chi connectivity index (χ1) is 11.5. The third-order valence-electron chi connectivity index (χ3n) is 3.13. The molecule has 24 heavy (non-hydrogen) atoms. The molecule has 0 saturated carbocycles. The van der Waals surface area contributed by atoms with Crippen LogP contribution in [0.4, 0.5) is 4.39 Å². The number of tetrazole rings is 1. The van der Waals surface area contributed by atoms with E-state index in [9.17, 15) is 12.8 Å². The Morgan fingerprint density at radius 2 is 1.92 bits per heavy atom. The van der Waals surface area contributed by atoms with Gasteiger partial charge in [0.2, 0.25) is 10.0 Å². The van der Waals surface area contributed by atoms with Crippen molar-refractivity contribution < 1.29 is 12.8 Å². The number of rotatable bonds is 5. The Hall–Kier alpha value is -2.36. The standard InChI is InChI=1S/C14H11ClFN5O2S/c15-10-4-6-13(7-5-10)24(22,23)17-9-14-18-19-20-21(14)12-3-1-2-11(16)8-12/h1-8,17H,9H2. The van der Waals surface area contributed by atoms with E-state index >= 15 is 0 Å². The molecule has 0 aliphatic carbocycles. The molecule has 7 nitrogen and oxygen atoms in total. The van der Waals surface area contributed by atoms with E-state index in [4.69, 9.17) is 11.6 Å². The Balaban J connectivity index is 1.81. The van der Waals surface area contributed by atoms with Crippen molar-refractivity contribution in [1.29, 1.82) is 0 Å². The van der Waals surface area contributed by atoms with Gasteiger partial charge in [-0.2, -0.15) is 4.68 Å². The van der Waals surface area contributed by atoms with Crippen LogP contribution in [0.2, 0.25) is 5.02 Å². The number of aromatic nitrogens is 4. The van der Waals surface area contributed by atoms with Crippen LogP contribution in [0.5, 0.6) is 0 Å². The lowest BCUT2D eigenvalue weighted by Gasteiger charge is -2.07. The monoisotopic (exact) mass is 367 g/mol. The fourth-order valence-electron chi connectivity index (χ4n) is 1.98. The first kappa shape index (κ1) is 16.5. The number of halogens is 2. The Labute approximate surface area is 142 Å². The van der Waals surface area contributed by atoms with Gasteiger partial charge in [0, 0.05) is 5.02 Å². The summed E-state index contributed by atoms with van der Waals surface area (Å²) in [7, 11) is -3.75. The van der Waals surface area contributed by atoms with Crippen molar-refractivity contribution in [2.45, 2.75) is 11.4 Å². The third kappa shape index (κ3) is 3.58. The Bertz CT molecular complexity index is 959. The lowest BCUT2D eigenvalue weighted by molar-refractivity contribution is 0.577. The van der Waals surface area contributed by atoms with Gasteiger partial charge in [-0.3, -0.25) is 0 Å². The molecule has 1 aromatic heterocycles. The van der Waals surface area contributed by atoms with Gasteiger partial charge in [0.25, 0.3) is 0 Å². The molecule has 0 amide bonds. The van der Waals surface area contributed by atoms with Crippen molar-refractivity contribution in [3.05, 3.63) is 65.2 Å². The van der Waals surface area contributed by atoms with Gasteiger partial charge in [-0.1, -0.05) is 17.7 Å². The summed E-state index contributed by atoms with van der Waals surface area (Å²) in [5.41, 5.74) is 0.390. The van der Waals surface area contributed by atoms with Crippen LogP contribution >= 0.6 is 11.6 Å². The van der Waals surface area contributed by atoms with Gasteiger partial charge in [-0.25, -0.2) is 17.5 Å². The highest BCUT2D eigenvalue weighted by atomic mass is 35.5. The molecule has 0 aliphatic heterocycles. The lowest BCUT2D eigenvalue weighted by Crippen LogP contribution is -2.25. The quantitative estimate of drug-likeness (QED) is 0.744. The summed E-state index contributed by atoms with van der Waals surface area (Å²) in [5.74, 6) is -0.228. The van der Waals surface area contributed by atoms with Crippen LogP contribution in [-0.4, -0.2) is 28.6 Å². The van der Waals surface area contributed by atoms with E-state index in [1.165, 1.54) is 47.1 Å². The second-order valence-corrected chi connectivity index (χ2v) is 6.97. The zero-order chi connectivity index (χ0) is 17.2. The summed E-state index contributed by atoms with van der Waals surface area (Å²) in [4.78, 5) is 0.0664. The van der Waals surface area contributed by atoms with Crippen LogP contribution in [0.15, 0.2) is 53.4 Å². The predicted molar refractivity (Wildman–Crippen MR) is 84.6 cm³/mol. The van der Waals surface area contributed by atoms with Crippen molar-refractivity contribution in [3.63, 3.8) is 0 Å². The molecular formula is C14H11ClFN5O2S. The molecule has 0 atom stereocenters. The lowest BCUT2D eigenvalue weighted by atomic mass is 10.3. The van der Waals surface area contributed by atoms with E-state index in [2.05, 4.69) is 20.2 Å². The molecule has 0 saturated heterocycles. The molecule has 0 spiro atoms. The normalized spacial score (nSPS) is 11.6. The highest BCUT2D eigenvalue weighted by molar-refractivity contribution is 7.89. The first-order valence-electron chi connectivity index (χ1n) is 6.74. The number of nitrogens with one attached hydrogen (secondary N) is 1. The van der Waals surface area contributed by atoms with Gasteiger partial charge in [-0.15, -0.1) is 5.10 Å². The third-order valence-corrected chi connectivity index (χ3v) is 4.80. The van der Waals surface area contributed by atoms with Gasteiger partial charge in [-0.05, 0) is 52.9 Å². The minimum absolute atomic E-state index is 0.0664. The summed E-state index contributed by atoms with van der Waals surface area (Å²) >= 11 is 5.75.